The van der Waals surface area contributed by atoms with Crippen molar-refractivity contribution in [1.82, 2.24) is 0 Å². The van der Waals surface area contributed by atoms with E-state index in [0.717, 1.165) is 11.3 Å². The Morgan fingerprint density at radius 1 is 0.968 bits per heavy atom. The first-order chi connectivity index (χ1) is 15.0. The summed E-state index contributed by atoms with van der Waals surface area (Å²) in [6.45, 7) is -0.493. The molecule has 156 valence electrons. The van der Waals surface area contributed by atoms with Crippen LogP contribution >= 0.6 is 0 Å². The first-order valence-corrected chi connectivity index (χ1v) is 10.1. The second-order valence-electron chi connectivity index (χ2n) is 8.08. The molecule has 3 aliphatic rings. The Balaban J connectivity index is 1.35. The number of esters is 1. The van der Waals surface area contributed by atoms with Crippen LogP contribution in [0.15, 0.2) is 60.7 Å². The zero-order chi connectivity index (χ0) is 21.7. The molecule has 2 aromatic rings. The highest BCUT2D eigenvalue weighted by atomic mass is 16.5. The summed E-state index contributed by atoms with van der Waals surface area (Å²) in [6, 6.07) is 12.3. The molecule has 2 aromatic carbocycles. The van der Waals surface area contributed by atoms with Gasteiger partial charge >= 0.3 is 5.97 Å². The lowest BCUT2D eigenvalue weighted by molar-refractivity contribution is -0.123. The summed E-state index contributed by atoms with van der Waals surface area (Å²) in [5, 5.41) is 10.1. The van der Waals surface area contributed by atoms with Gasteiger partial charge in [-0.1, -0.05) is 42.5 Å². The van der Waals surface area contributed by atoms with Crippen LogP contribution in [0.25, 0.3) is 0 Å². The van der Waals surface area contributed by atoms with Crippen molar-refractivity contribution in [3.8, 4) is 5.75 Å². The molecule has 0 radical (unpaired) electrons. The maximum atomic E-state index is 13.0. The van der Waals surface area contributed by atoms with E-state index in [1.54, 1.807) is 30.3 Å². The number of hydrogen-bond acceptors (Lipinski definition) is 6. The van der Waals surface area contributed by atoms with E-state index >= 15 is 0 Å². The molecule has 0 unspecified atom stereocenters. The highest BCUT2D eigenvalue weighted by Crippen LogP contribution is 2.53. The van der Waals surface area contributed by atoms with Crippen molar-refractivity contribution in [2.24, 2.45) is 23.7 Å². The van der Waals surface area contributed by atoms with Gasteiger partial charge < -0.3 is 9.84 Å². The Labute approximate surface area is 177 Å². The normalized spacial score (nSPS) is 25.7. The molecule has 5 rings (SSSR count). The quantitative estimate of drug-likeness (QED) is 0.347. The number of carbonyl (C=O) groups is 4. The van der Waals surface area contributed by atoms with E-state index in [1.807, 2.05) is 12.2 Å². The molecule has 31 heavy (non-hydrogen) atoms. The van der Waals surface area contributed by atoms with Gasteiger partial charge in [-0.05, 0) is 36.5 Å². The molecule has 2 fully saturated rings. The van der Waals surface area contributed by atoms with Crippen LogP contribution in [0.5, 0.6) is 5.75 Å². The Kier molecular flexibility index (Phi) is 4.46. The third-order valence-corrected chi connectivity index (χ3v) is 6.36. The molecular weight excluding hydrogens is 398 g/mol. The minimum absolute atomic E-state index is 0.0713. The third kappa shape index (κ3) is 3.04. The maximum Gasteiger partial charge on any atom is 0.342 e. The largest absolute Gasteiger partial charge is 0.507 e. The number of aromatic hydroxyl groups is 1. The molecule has 2 bridgehead atoms. The number of anilines is 1. The van der Waals surface area contributed by atoms with Gasteiger partial charge in [-0.25, -0.2) is 9.69 Å². The molecular formula is C24H19NO6. The third-order valence-electron chi connectivity index (χ3n) is 6.36. The van der Waals surface area contributed by atoms with E-state index in [-0.39, 0.29) is 58.3 Å². The first-order valence-electron chi connectivity index (χ1n) is 10.1. The molecule has 1 N–H and O–H groups in total. The molecule has 0 aromatic heterocycles. The lowest BCUT2D eigenvalue weighted by Crippen LogP contribution is -2.33. The number of amides is 2. The second-order valence-corrected chi connectivity index (χ2v) is 8.08. The van der Waals surface area contributed by atoms with Crippen LogP contribution in [-0.2, 0) is 14.3 Å². The fourth-order valence-corrected chi connectivity index (χ4v) is 4.90. The molecule has 7 heteroatoms. The predicted octanol–water partition coefficient (Wildman–Crippen LogP) is 2.74. The van der Waals surface area contributed by atoms with E-state index < -0.39 is 12.6 Å². The van der Waals surface area contributed by atoms with Crippen LogP contribution in [0.2, 0.25) is 0 Å². The number of Topliss-reactive ketones (excluding diaryl/α,β-unsaturated/α-hetero) is 1. The number of ether oxygens (including phenoxy) is 1. The zero-order valence-corrected chi connectivity index (χ0v) is 16.4. The number of hydrogen-bond donors (Lipinski definition) is 1. The van der Waals surface area contributed by atoms with E-state index in [9.17, 15) is 24.3 Å². The van der Waals surface area contributed by atoms with Gasteiger partial charge in [-0.15, -0.1) is 0 Å². The summed E-state index contributed by atoms with van der Waals surface area (Å²) in [4.78, 5) is 51.7. The molecule has 2 amide bonds. The number of carbonyl (C=O) groups excluding carboxylic acids is 4. The predicted molar refractivity (Wildman–Crippen MR) is 109 cm³/mol. The number of allylic oxidation sites excluding steroid dienone is 2. The number of rotatable bonds is 5. The Morgan fingerprint density at radius 2 is 1.61 bits per heavy atom. The second kappa shape index (κ2) is 7.19. The maximum absolute atomic E-state index is 13.0. The molecule has 2 aliphatic carbocycles. The summed E-state index contributed by atoms with van der Waals surface area (Å²) in [5.74, 6) is -2.81. The van der Waals surface area contributed by atoms with Crippen molar-refractivity contribution in [2.45, 2.75) is 6.42 Å². The number of phenols is 1. The van der Waals surface area contributed by atoms with Crippen LogP contribution in [-0.4, -0.2) is 35.3 Å². The van der Waals surface area contributed by atoms with Crippen LogP contribution in [0.4, 0.5) is 5.69 Å². The molecule has 0 spiro atoms. The molecule has 1 saturated carbocycles. The van der Waals surface area contributed by atoms with Gasteiger partial charge in [0.15, 0.2) is 12.4 Å². The summed E-state index contributed by atoms with van der Waals surface area (Å²) in [7, 11) is 0. The molecule has 7 nitrogen and oxygen atoms in total. The van der Waals surface area contributed by atoms with Gasteiger partial charge in [0.2, 0.25) is 11.8 Å². The fourth-order valence-electron chi connectivity index (χ4n) is 4.90. The molecule has 1 aliphatic heterocycles. The summed E-state index contributed by atoms with van der Waals surface area (Å²) >= 11 is 0. The van der Waals surface area contributed by atoms with Crippen LogP contribution in [0.3, 0.4) is 0 Å². The van der Waals surface area contributed by atoms with Gasteiger partial charge in [0.05, 0.1) is 17.5 Å². The number of phenolic OH excluding ortho intramolecular Hbond substituents is 1. The van der Waals surface area contributed by atoms with E-state index in [0.29, 0.717) is 5.56 Å². The molecule has 1 saturated heterocycles. The van der Waals surface area contributed by atoms with Gasteiger partial charge in [0.1, 0.15) is 11.3 Å². The van der Waals surface area contributed by atoms with Crippen molar-refractivity contribution in [1.29, 1.82) is 0 Å². The van der Waals surface area contributed by atoms with E-state index in [2.05, 4.69) is 0 Å². The van der Waals surface area contributed by atoms with Crippen molar-refractivity contribution in [3.05, 3.63) is 71.8 Å². The fraction of sp³-hybridized carbons (Fsp3) is 0.250. The molecule has 4 atom stereocenters. The average Bonchev–Trinajstić information content (AvgIpc) is 3.47. The smallest absolute Gasteiger partial charge is 0.342 e. The van der Waals surface area contributed by atoms with Gasteiger partial charge in [-0.3, -0.25) is 14.4 Å². The van der Waals surface area contributed by atoms with Crippen LogP contribution < -0.4 is 4.90 Å². The number of nitrogens with zero attached hydrogens (tertiary/aromatic N) is 1. The number of benzene rings is 2. The lowest BCUT2D eigenvalue weighted by Gasteiger charge is -2.18. The van der Waals surface area contributed by atoms with E-state index in [1.165, 1.54) is 18.2 Å². The zero-order valence-electron chi connectivity index (χ0n) is 16.4. The Morgan fingerprint density at radius 3 is 2.26 bits per heavy atom. The van der Waals surface area contributed by atoms with Crippen molar-refractivity contribution in [2.75, 3.05) is 11.5 Å². The highest BCUT2D eigenvalue weighted by molar-refractivity contribution is 6.23. The Hall–Kier alpha value is -3.74. The minimum Gasteiger partial charge on any atom is -0.507 e. The number of fused-ring (bicyclic) bond motifs is 5. The number of ketones is 1. The first kappa shape index (κ1) is 19.2. The average molecular weight is 417 g/mol. The number of imide groups is 1. The van der Waals surface area contributed by atoms with Gasteiger partial charge in [-0.2, -0.15) is 0 Å². The Bertz CT molecular complexity index is 1110. The van der Waals surface area contributed by atoms with E-state index in [4.69, 9.17) is 4.74 Å². The van der Waals surface area contributed by atoms with Crippen LogP contribution in [0.1, 0.15) is 27.1 Å². The van der Waals surface area contributed by atoms with Crippen molar-refractivity contribution in [3.63, 3.8) is 0 Å². The van der Waals surface area contributed by atoms with Crippen LogP contribution in [0, 0.1) is 23.7 Å². The topological polar surface area (TPSA) is 101 Å². The molecule has 1 heterocycles. The lowest BCUT2D eigenvalue weighted by atomic mass is 9.85. The SMILES string of the molecule is O=C(COC(=O)c1cc(N2C(=O)[C@H]3[C@H](C2=O)[C@H]2C=C[C@H]3C2)ccc1O)c1ccccc1. The summed E-state index contributed by atoms with van der Waals surface area (Å²) < 4.78 is 5.07. The monoisotopic (exact) mass is 417 g/mol. The van der Waals surface area contributed by atoms with Crippen molar-refractivity contribution < 1.29 is 29.0 Å². The van der Waals surface area contributed by atoms with Gasteiger partial charge in [0, 0.05) is 5.56 Å². The van der Waals surface area contributed by atoms with Crippen molar-refractivity contribution >= 4 is 29.3 Å². The van der Waals surface area contributed by atoms with Gasteiger partial charge in [0.25, 0.3) is 0 Å². The minimum atomic E-state index is -0.912. The highest BCUT2D eigenvalue weighted by Gasteiger charge is 2.59. The summed E-state index contributed by atoms with van der Waals surface area (Å²) in [5.41, 5.74) is 0.399. The standard InChI is InChI=1S/C24H19NO6/c26-18-9-8-16(25-22(28)20-14-6-7-15(10-14)21(20)23(25)29)11-17(18)24(30)31-12-19(27)13-4-2-1-3-5-13/h1-9,11,14-15,20-21,26H,10,12H2/t14-,15-,20+,21+/m0/s1. The summed E-state index contributed by atoms with van der Waals surface area (Å²) in [6.07, 6.45) is 4.83.